The molecule has 3 atom stereocenters. The quantitative estimate of drug-likeness (QED) is 0.805. The van der Waals surface area contributed by atoms with Gasteiger partial charge >= 0.3 is 5.97 Å². The Balaban J connectivity index is 1.54. The molecule has 2 aliphatic rings. The van der Waals surface area contributed by atoms with Gasteiger partial charge in [-0.3, -0.25) is 4.79 Å². The highest BCUT2D eigenvalue weighted by Crippen LogP contribution is 2.46. The summed E-state index contributed by atoms with van der Waals surface area (Å²) in [5, 5.41) is 10.9. The van der Waals surface area contributed by atoms with Gasteiger partial charge in [-0.25, -0.2) is 0 Å². The first-order chi connectivity index (χ1) is 8.25. The van der Waals surface area contributed by atoms with Crippen molar-refractivity contribution in [2.75, 3.05) is 0 Å². The monoisotopic (exact) mass is 233 g/mol. The van der Waals surface area contributed by atoms with E-state index in [2.05, 4.69) is 0 Å². The van der Waals surface area contributed by atoms with Gasteiger partial charge in [0, 0.05) is 6.04 Å². The summed E-state index contributed by atoms with van der Waals surface area (Å²) in [5.74, 6) is 0.179. The zero-order valence-electron chi connectivity index (χ0n) is 9.45. The van der Waals surface area contributed by atoms with E-state index in [9.17, 15) is 10.0 Å². The molecule has 0 radical (unpaired) electrons. The van der Waals surface area contributed by atoms with E-state index in [0.717, 1.165) is 18.4 Å². The fraction of sp³-hybridized carbons (Fsp3) is 0.462. The predicted molar refractivity (Wildman–Crippen MR) is 60.2 cm³/mol. The van der Waals surface area contributed by atoms with Crippen LogP contribution in [0.25, 0.3) is 0 Å². The Morgan fingerprint density at radius 2 is 2.12 bits per heavy atom. The van der Waals surface area contributed by atoms with Crippen LogP contribution >= 0.6 is 0 Å². The summed E-state index contributed by atoms with van der Waals surface area (Å²) in [5.41, 5.74) is 0.966. The van der Waals surface area contributed by atoms with Crippen LogP contribution in [0.2, 0.25) is 0 Å². The van der Waals surface area contributed by atoms with Crippen molar-refractivity contribution in [2.24, 2.45) is 5.92 Å². The lowest BCUT2D eigenvalue weighted by molar-refractivity contribution is -0.173. The van der Waals surface area contributed by atoms with Crippen molar-refractivity contribution in [3.05, 3.63) is 35.9 Å². The maximum Gasteiger partial charge on any atom is 0.326 e. The molecule has 0 amide bonds. The number of rotatable bonds is 3. The smallest absolute Gasteiger partial charge is 0.326 e. The summed E-state index contributed by atoms with van der Waals surface area (Å²) >= 11 is 0. The normalized spacial score (nSPS) is 31.0. The van der Waals surface area contributed by atoms with Gasteiger partial charge in [-0.2, -0.15) is 5.06 Å². The molecule has 90 valence electrons. The van der Waals surface area contributed by atoms with Gasteiger partial charge in [0.15, 0.2) is 0 Å². The summed E-state index contributed by atoms with van der Waals surface area (Å²) in [7, 11) is 0. The summed E-state index contributed by atoms with van der Waals surface area (Å²) in [6.07, 6.45) is 1.74. The minimum atomic E-state index is -0.456. The molecule has 1 aliphatic heterocycles. The number of ether oxygens (including phenoxy) is 1. The van der Waals surface area contributed by atoms with E-state index < -0.39 is 6.04 Å². The second-order valence-corrected chi connectivity index (χ2v) is 4.79. The van der Waals surface area contributed by atoms with Gasteiger partial charge in [0.2, 0.25) is 0 Å². The third-order valence-electron chi connectivity index (χ3n) is 3.57. The molecule has 3 rings (SSSR count). The second kappa shape index (κ2) is 4.13. The zero-order chi connectivity index (χ0) is 11.8. The Morgan fingerprint density at radius 3 is 2.76 bits per heavy atom. The van der Waals surface area contributed by atoms with Crippen LogP contribution in [0.1, 0.15) is 18.4 Å². The Hall–Kier alpha value is -1.39. The fourth-order valence-electron chi connectivity index (χ4n) is 2.46. The molecular weight excluding hydrogens is 218 g/mol. The minimum Gasteiger partial charge on any atom is -0.460 e. The summed E-state index contributed by atoms with van der Waals surface area (Å²) < 4.78 is 5.21. The molecule has 0 unspecified atom stereocenters. The van der Waals surface area contributed by atoms with Gasteiger partial charge in [-0.1, -0.05) is 30.3 Å². The molecular formula is C13H15NO3. The lowest BCUT2D eigenvalue weighted by Crippen LogP contribution is -2.37. The van der Waals surface area contributed by atoms with Crippen LogP contribution in [0.5, 0.6) is 0 Å². The van der Waals surface area contributed by atoms with Crippen molar-refractivity contribution >= 4 is 5.97 Å². The molecule has 0 aromatic heterocycles. The number of hydrogen-bond acceptors (Lipinski definition) is 4. The summed E-state index contributed by atoms with van der Waals surface area (Å²) in [4.78, 5) is 11.8. The van der Waals surface area contributed by atoms with E-state index in [0.29, 0.717) is 5.92 Å². The van der Waals surface area contributed by atoms with Gasteiger partial charge in [0.1, 0.15) is 12.6 Å². The van der Waals surface area contributed by atoms with Crippen molar-refractivity contribution in [1.29, 1.82) is 0 Å². The largest absolute Gasteiger partial charge is 0.460 e. The van der Waals surface area contributed by atoms with Crippen LogP contribution in [-0.2, 0) is 16.1 Å². The minimum absolute atomic E-state index is 0.198. The number of piperidine rings is 1. The van der Waals surface area contributed by atoms with E-state index in [1.54, 1.807) is 0 Å². The molecule has 1 saturated heterocycles. The number of fused-ring (bicyclic) bond motifs is 1. The number of esters is 1. The van der Waals surface area contributed by atoms with Gasteiger partial charge in [-0.05, 0) is 24.3 Å². The van der Waals surface area contributed by atoms with E-state index >= 15 is 0 Å². The van der Waals surface area contributed by atoms with Crippen LogP contribution in [0.15, 0.2) is 30.3 Å². The van der Waals surface area contributed by atoms with Gasteiger partial charge in [0.25, 0.3) is 0 Å². The van der Waals surface area contributed by atoms with E-state index in [4.69, 9.17) is 4.74 Å². The van der Waals surface area contributed by atoms with Crippen LogP contribution in [0.3, 0.4) is 0 Å². The molecule has 1 aromatic rings. The molecule has 4 heteroatoms. The predicted octanol–water partition coefficient (Wildman–Crippen LogP) is 1.58. The van der Waals surface area contributed by atoms with Crippen LogP contribution in [0, 0.1) is 5.92 Å². The van der Waals surface area contributed by atoms with E-state index in [1.807, 2.05) is 30.3 Å². The maximum absolute atomic E-state index is 11.8. The van der Waals surface area contributed by atoms with Crippen LogP contribution in [-0.4, -0.2) is 28.3 Å². The number of carbonyl (C=O) groups is 1. The lowest BCUT2D eigenvalue weighted by Gasteiger charge is -2.19. The van der Waals surface area contributed by atoms with Crippen LogP contribution < -0.4 is 0 Å². The van der Waals surface area contributed by atoms with Crippen molar-refractivity contribution in [2.45, 2.75) is 31.5 Å². The highest BCUT2D eigenvalue weighted by atomic mass is 16.6. The number of carbonyl (C=O) groups excluding carboxylic acids is 1. The van der Waals surface area contributed by atoms with E-state index in [1.165, 1.54) is 5.06 Å². The fourth-order valence-corrected chi connectivity index (χ4v) is 2.46. The number of hydrogen-bond donors (Lipinski definition) is 1. The number of benzene rings is 1. The molecule has 1 aromatic carbocycles. The highest BCUT2D eigenvalue weighted by molar-refractivity contribution is 5.76. The standard InChI is InChI=1S/C13H15NO3/c15-13(12-7-10-6-11(10)14(12)16)17-8-9-4-2-1-3-5-9/h1-5,10-12,16H,6-8H2/t10-,11-,12+/m1/s1. The maximum atomic E-state index is 11.8. The molecule has 1 heterocycles. The van der Waals surface area contributed by atoms with Crippen molar-refractivity contribution in [3.8, 4) is 0 Å². The second-order valence-electron chi connectivity index (χ2n) is 4.79. The Kier molecular flexibility index (Phi) is 2.61. The lowest BCUT2D eigenvalue weighted by atomic mass is 10.2. The van der Waals surface area contributed by atoms with Crippen LogP contribution in [0.4, 0.5) is 0 Å². The third kappa shape index (κ3) is 2.06. The molecule has 0 spiro atoms. The van der Waals surface area contributed by atoms with E-state index in [-0.39, 0.29) is 18.6 Å². The summed E-state index contributed by atoms with van der Waals surface area (Å²) in [6.45, 7) is 0.277. The first kappa shape index (κ1) is 10.7. The Labute approximate surface area is 99.8 Å². The molecule has 0 bridgehead atoms. The molecule has 1 N–H and O–H groups in total. The molecule has 2 fully saturated rings. The van der Waals surface area contributed by atoms with Gasteiger partial charge in [0.05, 0.1) is 0 Å². The molecule has 4 nitrogen and oxygen atoms in total. The summed E-state index contributed by atoms with van der Waals surface area (Å²) in [6, 6.07) is 9.31. The highest BCUT2D eigenvalue weighted by Gasteiger charge is 2.54. The molecule has 1 aliphatic carbocycles. The van der Waals surface area contributed by atoms with Crippen molar-refractivity contribution < 1.29 is 14.7 Å². The average molecular weight is 233 g/mol. The average Bonchev–Trinajstić information content (AvgIpc) is 3.06. The first-order valence-corrected chi connectivity index (χ1v) is 5.93. The molecule has 1 saturated carbocycles. The van der Waals surface area contributed by atoms with Crippen molar-refractivity contribution in [3.63, 3.8) is 0 Å². The van der Waals surface area contributed by atoms with Gasteiger partial charge < -0.3 is 9.94 Å². The molecule has 17 heavy (non-hydrogen) atoms. The zero-order valence-corrected chi connectivity index (χ0v) is 9.45. The number of nitrogens with zero attached hydrogens (tertiary/aromatic N) is 1. The Bertz CT molecular complexity index is 420. The Morgan fingerprint density at radius 1 is 1.35 bits per heavy atom. The SMILES string of the molecule is O=C(OCc1ccccc1)[C@@H]1C[C@H]2C[C@H]2N1O. The van der Waals surface area contributed by atoms with Gasteiger partial charge in [-0.15, -0.1) is 0 Å². The first-order valence-electron chi connectivity index (χ1n) is 5.93. The van der Waals surface area contributed by atoms with Crippen molar-refractivity contribution in [1.82, 2.24) is 5.06 Å². The number of hydroxylamine groups is 2. The third-order valence-corrected chi connectivity index (χ3v) is 3.57. The topological polar surface area (TPSA) is 49.8 Å².